The van der Waals surface area contributed by atoms with Crippen molar-refractivity contribution < 1.29 is 5.11 Å². The number of aliphatic hydroxyl groups is 1. The molecule has 0 fully saturated rings. The first kappa shape index (κ1) is 7.24. The molecule has 2 aromatic rings. The number of aliphatic hydroxyl groups excluding tert-OH is 1. The number of hydrogen-bond acceptors (Lipinski definition) is 3. The molecule has 0 aromatic carbocycles. The Hall–Kier alpha value is -1.42. The molecule has 0 aliphatic heterocycles. The smallest absolute Gasteiger partial charge is 0.166 e. The first-order valence-corrected chi connectivity index (χ1v) is 3.73. The molecule has 0 amide bonds. The van der Waals surface area contributed by atoms with E-state index in [1.165, 1.54) is 0 Å². The highest BCUT2D eigenvalue weighted by atomic mass is 16.3. The molecule has 0 spiro atoms. The van der Waals surface area contributed by atoms with Crippen LogP contribution in [0.15, 0.2) is 18.3 Å². The topological polar surface area (TPSA) is 50.4 Å². The van der Waals surface area contributed by atoms with E-state index in [1.807, 2.05) is 29.7 Å². The molecule has 0 unspecified atom stereocenters. The van der Waals surface area contributed by atoms with Crippen LogP contribution >= 0.6 is 0 Å². The summed E-state index contributed by atoms with van der Waals surface area (Å²) in [5, 5.41) is 16.8. The Kier molecular flexibility index (Phi) is 1.55. The summed E-state index contributed by atoms with van der Waals surface area (Å²) in [4.78, 5) is 0. The Labute approximate surface area is 69.5 Å². The third kappa shape index (κ3) is 0.887. The van der Waals surface area contributed by atoms with Crippen molar-refractivity contribution in [1.82, 2.24) is 14.6 Å². The van der Waals surface area contributed by atoms with Crippen LogP contribution in [0.1, 0.15) is 11.4 Å². The number of pyridine rings is 1. The van der Waals surface area contributed by atoms with Gasteiger partial charge in [-0.25, -0.2) is 0 Å². The fraction of sp³-hybridized carbons (Fsp3) is 0.250. The van der Waals surface area contributed by atoms with Crippen LogP contribution in [0.25, 0.3) is 5.65 Å². The van der Waals surface area contributed by atoms with Gasteiger partial charge in [0.25, 0.3) is 0 Å². The minimum absolute atomic E-state index is 0.00245. The molecule has 0 atom stereocenters. The van der Waals surface area contributed by atoms with Gasteiger partial charge < -0.3 is 5.11 Å². The Morgan fingerprint density at radius 2 is 2.33 bits per heavy atom. The fourth-order valence-electron chi connectivity index (χ4n) is 1.21. The van der Waals surface area contributed by atoms with Gasteiger partial charge >= 0.3 is 0 Å². The molecule has 2 heterocycles. The number of hydrogen-bond donors (Lipinski definition) is 1. The largest absolute Gasteiger partial charge is 0.392 e. The van der Waals surface area contributed by atoms with Crippen molar-refractivity contribution in [2.75, 3.05) is 0 Å². The maximum atomic E-state index is 8.96. The molecule has 0 saturated carbocycles. The van der Waals surface area contributed by atoms with E-state index in [0.29, 0.717) is 0 Å². The second-order valence-corrected chi connectivity index (χ2v) is 2.63. The minimum atomic E-state index is 0.00245. The zero-order chi connectivity index (χ0) is 8.55. The summed E-state index contributed by atoms with van der Waals surface area (Å²) >= 11 is 0. The van der Waals surface area contributed by atoms with Crippen molar-refractivity contribution in [3.8, 4) is 0 Å². The van der Waals surface area contributed by atoms with E-state index in [9.17, 15) is 0 Å². The molecule has 62 valence electrons. The van der Waals surface area contributed by atoms with Crippen LogP contribution in [0.4, 0.5) is 0 Å². The predicted molar refractivity (Wildman–Crippen MR) is 43.6 cm³/mol. The van der Waals surface area contributed by atoms with E-state index in [0.717, 1.165) is 17.0 Å². The lowest BCUT2D eigenvalue weighted by Crippen LogP contribution is -1.92. The third-order valence-corrected chi connectivity index (χ3v) is 1.86. The summed E-state index contributed by atoms with van der Waals surface area (Å²) in [6.07, 6.45) is 1.88. The highest BCUT2D eigenvalue weighted by molar-refractivity contribution is 5.46. The summed E-state index contributed by atoms with van der Waals surface area (Å²) in [5.41, 5.74) is 1.54. The van der Waals surface area contributed by atoms with Crippen molar-refractivity contribution in [2.45, 2.75) is 13.5 Å². The lowest BCUT2D eigenvalue weighted by atomic mass is 10.3. The summed E-state index contributed by atoms with van der Waals surface area (Å²) < 4.78 is 1.85. The number of rotatable bonds is 1. The summed E-state index contributed by atoms with van der Waals surface area (Å²) in [5.74, 6) is 0.834. The summed E-state index contributed by atoms with van der Waals surface area (Å²) in [6, 6.07) is 3.71. The summed E-state index contributed by atoms with van der Waals surface area (Å²) in [7, 11) is 0. The molecule has 0 aliphatic carbocycles. The van der Waals surface area contributed by atoms with Crippen LogP contribution in [-0.2, 0) is 6.61 Å². The standard InChI is InChI=1S/C8H9N3O/c1-6-9-10-8-7(5-12)3-2-4-11(6)8/h2-4,12H,5H2,1H3. The van der Waals surface area contributed by atoms with Crippen molar-refractivity contribution in [3.05, 3.63) is 29.7 Å². The van der Waals surface area contributed by atoms with Crippen LogP contribution in [0.5, 0.6) is 0 Å². The van der Waals surface area contributed by atoms with E-state index < -0.39 is 0 Å². The van der Waals surface area contributed by atoms with E-state index >= 15 is 0 Å². The molecule has 2 rings (SSSR count). The first-order valence-electron chi connectivity index (χ1n) is 3.73. The van der Waals surface area contributed by atoms with Gasteiger partial charge in [-0.2, -0.15) is 0 Å². The van der Waals surface area contributed by atoms with Crippen LogP contribution < -0.4 is 0 Å². The molecule has 0 radical (unpaired) electrons. The molecule has 12 heavy (non-hydrogen) atoms. The fourth-order valence-corrected chi connectivity index (χ4v) is 1.21. The molecule has 0 aliphatic rings. The average molecular weight is 163 g/mol. The number of fused-ring (bicyclic) bond motifs is 1. The third-order valence-electron chi connectivity index (χ3n) is 1.86. The van der Waals surface area contributed by atoms with Crippen LogP contribution in [0.2, 0.25) is 0 Å². The van der Waals surface area contributed by atoms with Crippen LogP contribution in [0.3, 0.4) is 0 Å². The zero-order valence-electron chi connectivity index (χ0n) is 6.73. The van der Waals surface area contributed by atoms with Gasteiger partial charge in [0, 0.05) is 11.8 Å². The van der Waals surface area contributed by atoms with Gasteiger partial charge in [0.1, 0.15) is 5.82 Å². The maximum Gasteiger partial charge on any atom is 0.166 e. The summed E-state index contributed by atoms with van der Waals surface area (Å²) in [6.45, 7) is 1.88. The molecule has 0 bridgehead atoms. The molecular weight excluding hydrogens is 154 g/mol. The van der Waals surface area contributed by atoms with Gasteiger partial charge in [-0.3, -0.25) is 4.40 Å². The van der Waals surface area contributed by atoms with Crippen molar-refractivity contribution in [2.24, 2.45) is 0 Å². The maximum absolute atomic E-state index is 8.96. The molecule has 4 heteroatoms. The lowest BCUT2D eigenvalue weighted by Gasteiger charge is -1.97. The van der Waals surface area contributed by atoms with Gasteiger partial charge in [0.15, 0.2) is 5.65 Å². The normalized spacial score (nSPS) is 10.8. The Morgan fingerprint density at radius 1 is 1.50 bits per heavy atom. The minimum Gasteiger partial charge on any atom is -0.392 e. The van der Waals surface area contributed by atoms with Crippen molar-refractivity contribution in [3.63, 3.8) is 0 Å². The Balaban J connectivity index is 2.81. The van der Waals surface area contributed by atoms with Gasteiger partial charge in [0.2, 0.25) is 0 Å². The predicted octanol–water partition coefficient (Wildman–Crippen LogP) is 0.530. The van der Waals surface area contributed by atoms with Crippen LogP contribution in [-0.4, -0.2) is 19.7 Å². The highest BCUT2D eigenvalue weighted by Crippen LogP contribution is 2.08. The van der Waals surface area contributed by atoms with Crippen molar-refractivity contribution >= 4 is 5.65 Å². The molecule has 1 N–H and O–H groups in total. The average Bonchev–Trinajstić information content (AvgIpc) is 2.48. The zero-order valence-corrected chi connectivity index (χ0v) is 6.73. The van der Waals surface area contributed by atoms with Crippen molar-refractivity contribution in [1.29, 1.82) is 0 Å². The van der Waals surface area contributed by atoms with E-state index in [4.69, 9.17) is 5.11 Å². The Bertz CT molecular complexity index is 408. The van der Waals surface area contributed by atoms with Crippen LogP contribution in [0, 0.1) is 6.92 Å². The van der Waals surface area contributed by atoms with Gasteiger partial charge in [0.05, 0.1) is 6.61 Å². The second kappa shape index (κ2) is 2.57. The van der Waals surface area contributed by atoms with Gasteiger partial charge in [-0.1, -0.05) is 6.07 Å². The quantitative estimate of drug-likeness (QED) is 0.667. The SMILES string of the molecule is Cc1nnc2c(CO)cccn12. The van der Waals surface area contributed by atoms with Gasteiger partial charge in [-0.05, 0) is 13.0 Å². The number of aromatic nitrogens is 3. The molecule has 0 saturated heterocycles. The lowest BCUT2D eigenvalue weighted by molar-refractivity contribution is 0.282. The first-order chi connectivity index (χ1) is 5.83. The van der Waals surface area contributed by atoms with E-state index in [2.05, 4.69) is 10.2 Å². The molecule has 4 nitrogen and oxygen atoms in total. The molecular formula is C8H9N3O. The van der Waals surface area contributed by atoms with E-state index in [-0.39, 0.29) is 6.61 Å². The number of aryl methyl sites for hydroxylation is 1. The molecule has 2 aromatic heterocycles. The second-order valence-electron chi connectivity index (χ2n) is 2.63. The van der Waals surface area contributed by atoms with Gasteiger partial charge in [-0.15, -0.1) is 10.2 Å². The monoisotopic (exact) mass is 163 g/mol. The number of nitrogens with zero attached hydrogens (tertiary/aromatic N) is 3. The van der Waals surface area contributed by atoms with E-state index in [1.54, 1.807) is 0 Å². The Morgan fingerprint density at radius 3 is 3.08 bits per heavy atom. The highest BCUT2D eigenvalue weighted by Gasteiger charge is 2.03.